The van der Waals surface area contributed by atoms with E-state index in [0.29, 0.717) is 12.5 Å². The van der Waals surface area contributed by atoms with E-state index in [1.807, 2.05) is 0 Å². The molecular weight excluding hydrogens is 152 g/mol. The molecule has 0 aliphatic rings. The van der Waals surface area contributed by atoms with Crippen molar-refractivity contribution in [2.24, 2.45) is 5.73 Å². The molecule has 1 aromatic heterocycles. The Kier molecular flexibility index (Phi) is 3.29. The predicted octanol–water partition coefficient (Wildman–Crippen LogP) is 1.69. The molecule has 1 rings (SSSR count). The summed E-state index contributed by atoms with van der Waals surface area (Å²) in [5, 5.41) is 0. The van der Waals surface area contributed by atoms with E-state index in [9.17, 15) is 0 Å². The second kappa shape index (κ2) is 4.26. The molecule has 3 heteroatoms. The Bertz CT molecular complexity index is 232. The number of nitrogens with two attached hydrogens (primary N) is 1. The molecule has 1 atom stereocenters. The smallest absolute Gasteiger partial charge is 0.195 e. The van der Waals surface area contributed by atoms with E-state index in [1.165, 1.54) is 0 Å². The monoisotopic (exact) mass is 168 g/mol. The molecule has 0 aliphatic heterocycles. The normalized spacial score (nSPS) is 13.2. The molecule has 0 bridgehead atoms. The van der Waals surface area contributed by atoms with Gasteiger partial charge < -0.3 is 10.2 Å². The zero-order chi connectivity index (χ0) is 8.97. The first-order valence-corrected chi connectivity index (χ1v) is 4.42. The molecule has 12 heavy (non-hydrogen) atoms. The molecule has 0 spiro atoms. The summed E-state index contributed by atoms with van der Waals surface area (Å²) < 4.78 is 5.49. The first-order valence-electron chi connectivity index (χ1n) is 4.42. The quantitative estimate of drug-likeness (QED) is 0.744. The summed E-state index contributed by atoms with van der Waals surface area (Å²) >= 11 is 0. The summed E-state index contributed by atoms with van der Waals surface area (Å²) in [6, 6.07) is 0. The fourth-order valence-corrected chi connectivity index (χ4v) is 0.992. The highest BCUT2D eigenvalue weighted by atomic mass is 16.4. The average molecular weight is 168 g/mol. The minimum absolute atomic E-state index is 0.462. The van der Waals surface area contributed by atoms with Gasteiger partial charge in [-0.1, -0.05) is 13.8 Å². The minimum Gasteiger partial charge on any atom is -0.445 e. The van der Waals surface area contributed by atoms with Gasteiger partial charge in [0.25, 0.3) is 0 Å². The van der Waals surface area contributed by atoms with Crippen LogP contribution in [0.3, 0.4) is 0 Å². The van der Waals surface area contributed by atoms with Crippen molar-refractivity contribution in [3.63, 3.8) is 0 Å². The van der Waals surface area contributed by atoms with Crippen LogP contribution in [0.5, 0.6) is 0 Å². The van der Waals surface area contributed by atoms with Gasteiger partial charge in [-0.25, -0.2) is 4.98 Å². The summed E-state index contributed by atoms with van der Waals surface area (Å²) in [7, 11) is 0. The average Bonchev–Trinajstić information content (AvgIpc) is 2.52. The topological polar surface area (TPSA) is 52.0 Å². The van der Waals surface area contributed by atoms with Gasteiger partial charge in [0.15, 0.2) is 5.89 Å². The number of aromatic nitrogens is 1. The van der Waals surface area contributed by atoms with Crippen LogP contribution >= 0.6 is 0 Å². The number of nitrogens with zero attached hydrogens (tertiary/aromatic N) is 1. The lowest BCUT2D eigenvalue weighted by Crippen LogP contribution is -2.02. The summed E-state index contributed by atoms with van der Waals surface area (Å²) in [4.78, 5) is 4.13. The van der Waals surface area contributed by atoms with E-state index in [1.54, 1.807) is 6.20 Å². The first kappa shape index (κ1) is 9.26. The molecule has 1 unspecified atom stereocenters. The van der Waals surface area contributed by atoms with Crippen LogP contribution in [0.25, 0.3) is 0 Å². The van der Waals surface area contributed by atoms with Gasteiger partial charge >= 0.3 is 0 Å². The maximum Gasteiger partial charge on any atom is 0.195 e. The van der Waals surface area contributed by atoms with Gasteiger partial charge in [-0.2, -0.15) is 0 Å². The van der Waals surface area contributed by atoms with Gasteiger partial charge in [-0.15, -0.1) is 0 Å². The van der Waals surface area contributed by atoms with Gasteiger partial charge in [0.05, 0.1) is 6.20 Å². The maximum atomic E-state index is 5.49. The molecule has 0 aliphatic carbocycles. The van der Waals surface area contributed by atoms with Gasteiger partial charge in [0.2, 0.25) is 0 Å². The SMILES string of the molecule is CCC(C)c1cnc(CCN)o1. The van der Waals surface area contributed by atoms with Crippen molar-refractivity contribution >= 4 is 0 Å². The lowest BCUT2D eigenvalue weighted by atomic mass is 10.1. The fourth-order valence-electron chi connectivity index (χ4n) is 0.992. The Morgan fingerprint density at radius 1 is 1.67 bits per heavy atom. The van der Waals surface area contributed by atoms with Gasteiger partial charge in [0, 0.05) is 18.9 Å². The first-order chi connectivity index (χ1) is 5.77. The zero-order valence-electron chi connectivity index (χ0n) is 7.71. The Morgan fingerprint density at radius 2 is 2.42 bits per heavy atom. The molecule has 0 saturated heterocycles. The maximum absolute atomic E-state index is 5.49. The van der Waals surface area contributed by atoms with Crippen LogP contribution in [0.1, 0.15) is 37.8 Å². The van der Waals surface area contributed by atoms with Crippen molar-refractivity contribution in [3.8, 4) is 0 Å². The highest BCUT2D eigenvalue weighted by molar-refractivity contribution is 5.00. The minimum atomic E-state index is 0.462. The Hall–Kier alpha value is -0.830. The molecule has 3 nitrogen and oxygen atoms in total. The number of oxazole rings is 1. The number of hydrogen-bond donors (Lipinski definition) is 1. The van der Waals surface area contributed by atoms with E-state index in [2.05, 4.69) is 18.8 Å². The van der Waals surface area contributed by atoms with Gasteiger partial charge in [-0.05, 0) is 6.42 Å². The van der Waals surface area contributed by atoms with Crippen molar-refractivity contribution in [1.82, 2.24) is 4.98 Å². The van der Waals surface area contributed by atoms with E-state index in [4.69, 9.17) is 10.2 Å². The van der Waals surface area contributed by atoms with Crippen LogP contribution in [0.2, 0.25) is 0 Å². The molecule has 1 aromatic rings. The Labute approximate surface area is 73.0 Å². The number of rotatable bonds is 4. The molecule has 0 saturated carbocycles. The summed E-state index contributed by atoms with van der Waals surface area (Å²) in [6.07, 6.45) is 3.62. The van der Waals surface area contributed by atoms with Gasteiger partial charge in [-0.3, -0.25) is 0 Å². The summed E-state index contributed by atoms with van der Waals surface area (Å²) in [6.45, 7) is 4.86. The van der Waals surface area contributed by atoms with Crippen molar-refractivity contribution in [2.45, 2.75) is 32.6 Å². The highest BCUT2D eigenvalue weighted by Crippen LogP contribution is 2.18. The second-order valence-electron chi connectivity index (χ2n) is 3.00. The second-order valence-corrected chi connectivity index (χ2v) is 3.00. The van der Waals surface area contributed by atoms with E-state index in [-0.39, 0.29) is 0 Å². The van der Waals surface area contributed by atoms with Crippen LogP contribution in [-0.2, 0) is 6.42 Å². The Balaban J connectivity index is 2.63. The van der Waals surface area contributed by atoms with Crippen molar-refractivity contribution in [2.75, 3.05) is 6.54 Å². The lowest BCUT2D eigenvalue weighted by Gasteiger charge is -2.01. The third kappa shape index (κ3) is 2.08. The van der Waals surface area contributed by atoms with E-state index >= 15 is 0 Å². The van der Waals surface area contributed by atoms with E-state index in [0.717, 1.165) is 24.5 Å². The van der Waals surface area contributed by atoms with Crippen LogP contribution in [0.15, 0.2) is 10.6 Å². The lowest BCUT2D eigenvalue weighted by molar-refractivity contribution is 0.428. The van der Waals surface area contributed by atoms with E-state index < -0.39 is 0 Å². The molecule has 0 amide bonds. The molecule has 1 heterocycles. The van der Waals surface area contributed by atoms with Gasteiger partial charge in [0.1, 0.15) is 5.76 Å². The van der Waals surface area contributed by atoms with Crippen molar-refractivity contribution in [3.05, 3.63) is 17.8 Å². The predicted molar refractivity (Wildman–Crippen MR) is 48.0 cm³/mol. The number of hydrogen-bond acceptors (Lipinski definition) is 3. The fraction of sp³-hybridized carbons (Fsp3) is 0.667. The van der Waals surface area contributed by atoms with Crippen LogP contribution in [-0.4, -0.2) is 11.5 Å². The summed E-state index contributed by atoms with van der Waals surface area (Å²) in [5.74, 6) is 2.19. The van der Waals surface area contributed by atoms with Crippen LogP contribution < -0.4 is 5.73 Å². The van der Waals surface area contributed by atoms with Crippen LogP contribution in [0.4, 0.5) is 0 Å². The molecule has 0 radical (unpaired) electrons. The molecule has 2 N–H and O–H groups in total. The largest absolute Gasteiger partial charge is 0.445 e. The van der Waals surface area contributed by atoms with Crippen molar-refractivity contribution < 1.29 is 4.42 Å². The standard InChI is InChI=1S/C9H16N2O/c1-3-7(2)8-6-11-9(12-8)4-5-10/h6-7H,3-5,10H2,1-2H3. The third-order valence-corrected chi connectivity index (χ3v) is 2.03. The molecular formula is C9H16N2O. The molecule has 0 aromatic carbocycles. The highest BCUT2D eigenvalue weighted by Gasteiger charge is 2.08. The Morgan fingerprint density at radius 3 is 3.00 bits per heavy atom. The third-order valence-electron chi connectivity index (χ3n) is 2.03. The van der Waals surface area contributed by atoms with Crippen molar-refractivity contribution in [1.29, 1.82) is 0 Å². The summed E-state index contributed by atoms with van der Waals surface area (Å²) in [5.41, 5.74) is 5.38. The zero-order valence-corrected chi connectivity index (χ0v) is 7.71. The molecule has 68 valence electrons. The molecule has 0 fully saturated rings. The van der Waals surface area contributed by atoms with Crippen LogP contribution in [0, 0.1) is 0 Å².